The van der Waals surface area contributed by atoms with E-state index in [1.165, 1.54) is 0 Å². The number of aliphatic carboxylic acids is 1. The summed E-state index contributed by atoms with van der Waals surface area (Å²) in [5, 5.41) is 12.0. The maximum Gasteiger partial charge on any atom is 0.317 e. The molecular formula is C14H24N2O4. The summed E-state index contributed by atoms with van der Waals surface area (Å²) in [6, 6.07) is -0.124. The molecule has 20 heavy (non-hydrogen) atoms. The van der Waals surface area contributed by atoms with Crippen LogP contribution < -0.4 is 5.32 Å². The number of nitrogens with one attached hydrogen (secondary N) is 1. The first kappa shape index (κ1) is 15.1. The molecule has 2 rings (SSSR count). The molecule has 0 radical (unpaired) electrons. The number of amides is 2. The van der Waals surface area contributed by atoms with Crippen LogP contribution in [0.15, 0.2) is 0 Å². The lowest BCUT2D eigenvalue weighted by Gasteiger charge is -2.39. The van der Waals surface area contributed by atoms with E-state index in [2.05, 4.69) is 5.32 Å². The van der Waals surface area contributed by atoms with Crippen molar-refractivity contribution in [2.24, 2.45) is 5.92 Å². The standard InChI is InChI=1S/C14H24N2O4/c1-14(2)9-16(6-7-20-14)13(19)15-11-5-3-4-10(8-11)12(17)18/h10-11H,3-9H2,1-2H3,(H,15,19)(H,17,18). The molecule has 1 saturated carbocycles. The van der Waals surface area contributed by atoms with E-state index in [9.17, 15) is 9.59 Å². The molecule has 0 spiro atoms. The predicted molar refractivity (Wildman–Crippen MR) is 73.5 cm³/mol. The number of rotatable bonds is 2. The zero-order chi connectivity index (χ0) is 14.8. The summed E-state index contributed by atoms with van der Waals surface area (Å²) in [4.78, 5) is 25.0. The molecule has 0 aromatic carbocycles. The molecule has 2 aliphatic rings. The number of morpholine rings is 1. The van der Waals surface area contributed by atoms with Crippen molar-refractivity contribution in [3.8, 4) is 0 Å². The lowest BCUT2D eigenvalue weighted by atomic mass is 9.86. The van der Waals surface area contributed by atoms with Gasteiger partial charge in [0, 0.05) is 12.6 Å². The van der Waals surface area contributed by atoms with Crippen molar-refractivity contribution in [2.75, 3.05) is 19.7 Å². The van der Waals surface area contributed by atoms with Crippen molar-refractivity contribution in [3.63, 3.8) is 0 Å². The smallest absolute Gasteiger partial charge is 0.317 e. The number of carboxylic acids is 1. The maximum absolute atomic E-state index is 12.2. The van der Waals surface area contributed by atoms with Gasteiger partial charge >= 0.3 is 12.0 Å². The van der Waals surface area contributed by atoms with Crippen LogP contribution in [0.2, 0.25) is 0 Å². The average molecular weight is 284 g/mol. The molecule has 1 saturated heterocycles. The Morgan fingerprint density at radius 1 is 1.35 bits per heavy atom. The molecule has 2 atom stereocenters. The quantitative estimate of drug-likeness (QED) is 0.804. The fourth-order valence-electron chi connectivity index (χ4n) is 3.00. The van der Waals surface area contributed by atoms with Crippen molar-refractivity contribution >= 4 is 12.0 Å². The molecule has 2 N–H and O–H groups in total. The highest BCUT2D eigenvalue weighted by Gasteiger charge is 2.32. The third-order valence-electron chi connectivity index (χ3n) is 4.06. The van der Waals surface area contributed by atoms with Crippen LogP contribution in [0, 0.1) is 5.92 Å². The molecule has 0 aromatic heterocycles. The second-order valence-electron chi connectivity index (χ2n) is 6.38. The third kappa shape index (κ3) is 3.85. The first-order chi connectivity index (χ1) is 9.37. The van der Waals surface area contributed by atoms with Gasteiger partial charge in [0.05, 0.1) is 24.7 Å². The fourth-order valence-corrected chi connectivity index (χ4v) is 3.00. The van der Waals surface area contributed by atoms with Crippen molar-refractivity contribution < 1.29 is 19.4 Å². The molecule has 1 aliphatic carbocycles. The van der Waals surface area contributed by atoms with Crippen LogP contribution >= 0.6 is 0 Å². The Morgan fingerprint density at radius 3 is 2.75 bits per heavy atom. The van der Waals surface area contributed by atoms with Gasteiger partial charge in [-0.1, -0.05) is 6.42 Å². The Labute approximate surface area is 119 Å². The molecule has 6 heteroatoms. The molecule has 1 aliphatic heterocycles. The number of carbonyl (C=O) groups is 2. The van der Waals surface area contributed by atoms with Gasteiger partial charge in [-0.2, -0.15) is 0 Å². The highest BCUT2D eigenvalue weighted by atomic mass is 16.5. The molecule has 0 aromatic rings. The van der Waals surface area contributed by atoms with Crippen LogP contribution in [0.1, 0.15) is 39.5 Å². The Hall–Kier alpha value is -1.30. The number of nitrogens with zero attached hydrogens (tertiary/aromatic N) is 1. The second-order valence-corrected chi connectivity index (χ2v) is 6.38. The van der Waals surface area contributed by atoms with Gasteiger partial charge in [0.15, 0.2) is 0 Å². The largest absolute Gasteiger partial charge is 0.481 e. The highest BCUT2D eigenvalue weighted by molar-refractivity contribution is 5.75. The number of urea groups is 1. The summed E-state index contributed by atoms with van der Waals surface area (Å²) in [5.74, 6) is -1.08. The van der Waals surface area contributed by atoms with Crippen molar-refractivity contribution in [1.29, 1.82) is 0 Å². The van der Waals surface area contributed by atoms with Gasteiger partial charge in [-0.05, 0) is 33.1 Å². The monoisotopic (exact) mass is 284 g/mol. The lowest BCUT2D eigenvalue weighted by Crippen LogP contribution is -2.55. The van der Waals surface area contributed by atoms with E-state index in [0.717, 1.165) is 12.8 Å². The van der Waals surface area contributed by atoms with Gasteiger partial charge in [-0.3, -0.25) is 4.79 Å². The first-order valence-corrected chi connectivity index (χ1v) is 7.29. The normalized spacial score (nSPS) is 29.8. The van der Waals surface area contributed by atoms with Crippen LogP contribution in [-0.4, -0.2) is 53.3 Å². The Bertz CT molecular complexity index is 383. The van der Waals surface area contributed by atoms with Crippen molar-refractivity contribution in [1.82, 2.24) is 10.2 Å². The average Bonchev–Trinajstić information content (AvgIpc) is 2.37. The lowest BCUT2D eigenvalue weighted by molar-refractivity contribution is -0.143. The van der Waals surface area contributed by atoms with Crippen LogP contribution in [0.4, 0.5) is 4.79 Å². The minimum absolute atomic E-state index is 0.0247. The molecular weight excluding hydrogens is 260 g/mol. The topological polar surface area (TPSA) is 78.9 Å². The molecule has 0 bridgehead atoms. The third-order valence-corrected chi connectivity index (χ3v) is 4.06. The minimum Gasteiger partial charge on any atom is -0.481 e. The predicted octanol–water partition coefficient (Wildman–Crippen LogP) is 1.45. The van der Waals surface area contributed by atoms with Gasteiger partial charge in [0.25, 0.3) is 0 Å². The summed E-state index contributed by atoms with van der Waals surface area (Å²) in [6.45, 7) is 5.63. The van der Waals surface area contributed by atoms with Gasteiger partial charge in [0.1, 0.15) is 0 Å². The Morgan fingerprint density at radius 2 is 2.10 bits per heavy atom. The molecule has 114 valence electrons. The fraction of sp³-hybridized carbons (Fsp3) is 0.857. The van der Waals surface area contributed by atoms with Gasteiger partial charge < -0.3 is 20.1 Å². The molecule has 2 unspecified atom stereocenters. The summed E-state index contributed by atoms with van der Waals surface area (Å²) in [7, 11) is 0. The minimum atomic E-state index is -0.753. The zero-order valence-electron chi connectivity index (χ0n) is 12.2. The maximum atomic E-state index is 12.2. The van der Waals surface area contributed by atoms with E-state index in [1.54, 1.807) is 4.90 Å². The Kier molecular flexibility index (Phi) is 4.52. The molecule has 2 fully saturated rings. The van der Waals surface area contributed by atoms with E-state index in [0.29, 0.717) is 32.5 Å². The van der Waals surface area contributed by atoms with Gasteiger partial charge in [-0.15, -0.1) is 0 Å². The van der Waals surface area contributed by atoms with Gasteiger partial charge in [0.2, 0.25) is 0 Å². The SMILES string of the molecule is CC1(C)CN(C(=O)NC2CCCC(C(=O)O)C2)CCO1. The summed E-state index contributed by atoms with van der Waals surface area (Å²) in [5.41, 5.74) is -0.314. The summed E-state index contributed by atoms with van der Waals surface area (Å²) in [6.07, 6.45) is 2.97. The summed E-state index contributed by atoms with van der Waals surface area (Å²) < 4.78 is 5.58. The number of carbonyl (C=O) groups excluding carboxylic acids is 1. The number of hydrogen-bond donors (Lipinski definition) is 2. The van der Waals surface area contributed by atoms with Crippen molar-refractivity contribution in [2.45, 2.75) is 51.2 Å². The Balaban J connectivity index is 1.86. The van der Waals surface area contributed by atoms with E-state index in [4.69, 9.17) is 9.84 Å². The summed E-state index contributed by atoms with van der Waals surface area (Å²) >= 11 is 0. The van der Waals surface area contributed by atoms with E-state index in [1.807, 2.05) is 13.8 Å². The van der Waals surface area contributed by atoms with Gasteiger partial charge in [-0.25, -0.2) is 4.79 Å². The number of carboxylic acid groups (broad SMARTS) is 1. The van der Waals surface area contributed by atoms with E-state index < -0.39 is 5.97 Å². The molecule has 6 nitrogen and oxygen atoms in total. The van der Waals surface area contributed by atoms with Crippen LogP contribution in [0.25, 0.3) is 0 Å². The molecule has 2 amide bonds. The second kappa shape index (κ2) is 5.99. The first-order valence-electron chi connectivity index (χ1n) is 7.29. The van der Waals surface area contributed by atoms with Crippen LogP contribution in [0.3, 0.4) is 0 Å². The number of ether oxygens (including phenoxy) is 1. The zero-order valence-corrected chi connectivity index (χ0v) is 12.2. The number of hydrogen-bond acceptors (Lipinski definition) is 3. The van der Waals surface area contributed by atoms with Crippen LogP contribution in [-0.2, 0) is 9.53 Å². The highest BCUT2D eigenvalue weighted by Crippen LogP contribution is 2.25. The molecule has 1 heterocycles. The van der Waals surface area contributed by atoms with E-state index in [-0.39, 0.29) is 23.6 Å². The van der Waals surface area contributed by atoms with Crippen molar-refractivity contribution in [3.05, 3.63) is 0 Å². The van der Waals surface area contributed by atoms with E-state index >= 15 is 0 Å². The van der Waals surface area contributed by atoms with Crippen LogP contribution in [0.5, 0.6) is 0 Å².